The van der Waals surface area contributed by atoms with Crippen LogP contribution in [0.1, 0.15) is 26.4 Å². The van der Waals surface area contributed by atoms with Crippen molar-refractivity contribution in [1.29, 1.82) is 0 Å². The zero-order chi connectivity index (χ0) is 26.7. The Morgan fingerprint density at radius 3 is 2.30 bits per heavy atom. The summed E-state index contributed by atoms with van der Waals surface area (Å²) in [7, 11) is 1.26. The number of carbonyl (C=O) groups excluding carboxylic acids is 1. The Balaban J connectivity index is 1.47. The van der Waals surface area contributed by atoms with Crippen LogP contribution in [0.5, 0.6) is 0 Å². The molecule has 0 fully saturated rings. The fourth-order valence-electron chi connectivity index (χ4n) is 3.40. The van der Waals surface area contributed by atoms with Gasteiger partial charge in [0.05, 0.1) is 24.8 Å². The first-order chi connectivity index (χ1) is 17.7. The summed E-state index contributed by atoms with van der Waals surface area (Å²) < 4.78 is 74.0. The van der Waals surface area contributed by atoms with Gasteiger partial charge in [0, 0.05) is 23.6 Å². The highest BCUT2D eigenvalue weighted by Crippen LogP contribution is 2.31. The lowest BCUT2D eigenvalue weighted by molar-refractivity contribution is 0.0602. The minimum atomic E-state index is -2.23. The van der Waals surface area contributed by atoms with E-state index in [1.54, 1.807) is 6.07 Å². The number of rotatable bonds is 7. The summed E-state index contributed by atoms with van der Waals surface area (Å²) in [6, 6.07) is 12.7. The minimum Gasteiger partial charge on any atom is -0.465 e. The van der Waals surface area contributed by atoms with Crippen LogP contribution in [0.3, 0.4) is 0 Å². The fraction of sp³-hybridized carbons (Fsp3) is 0.125. The molecule has 4 aromatic rings. The lowest BCUT2D eigenvalue weighted by Crippen LogP contribution is -2.20. The molecule has 6 nitrogen and oxygen atoms in total. The number of halogens is 5. The zero-order valence-corrected chi connectivity index (χ0v) is 20.6. The number of anilines is 2. The Morgan fingerprint density at radius 1 is 1.00 bits per heavy atom. The van der Waals surface area contributed by atoms with Crippen molar-refractivity contribution in [3.05, 3.63) is 99.3 Å². The predicted molar refractivity (Wildman–Crippen MR) is 132 cm³/mol. The van der Waals surface area contributed by atoms with Crippen molar-refractivity contribution < 1.29 is 31.5 Å². The number of nitrogens with zero attached hydrogens (tertiary/aromatic N) is 2. The third kappa shape index (κ3) is 5.78. The van der Waals surface area contributed by atoms with Crippen LogP contribution in [-0.4, -0.2) is 28.0 Å². The van der Waals surface area contributed by atoms with Gasteiger partial charge in [0.25, 0.3) is 0 Å². The average molecular weight is 553 g/mol. The molecule has 0 bridgehead atoms. The molecule has 0 aliphatic heterocycles. The molecule has 0 atom stereocenters. The van der Waals surface area contributed by atoms with Crippen molar-refractivity contribution in [3.8, 4) is 0 Å². The van der Waals surface area contributed by atoms with Crippen LogP contribution in [0.2, 0.25) is 0 Å². The van der Waals surface area contributed by atoms with Crippen LogP contribution in [0.15, 0.2) is 48.7 Å². The quantitative estimate of drug-likeness (QED) is 0.0983. The Bertz CT molecular complexity index is 1440. The number of aromatic nitrogens is 2. The van der Waals surface area contributed by atoms with Crippen molar-refractivity contribution in [2.45, 2.75) is 13.0 Å². The first kappa shape index (κ1) is 26.2. The van der Waals surface area contributed by atoms with Gasteiger partial charge in [-0.15, -0.1) is 11.3 Å². The van der Waals surface area contributed by atoms with Gasteiger partial charge in [0.15, 0.2) is 34.2 Å². The van der Waals surface area contributed by atoms with Gasteiger partial charge in [0.1, 0.15) is 5.00 Å². The summed E-state index contributed by atoms with van der Waals surface area (Å²) >= 11 is 6.59. The summed E-state index contributed by atoms with van der Waals surface area (Å²) in [5, 5.41) is 10.1. The number of carbonyl (C=O) groups is 1. The molecule has 0 aliphatic rings. The van der Waals surface area contributed by atoms with Gasteiger partial charge in [-0.3, -0.25) is 4.68 Å². The van der Waals surface area contributed by atoms with E-state index in [9.17, 15) is 26.7 Å². The lowest BCUT2D eigenvalue weighted by atomic mass is 10.1. The predicted octanol–water partition coefficient (Wildman–Crippen LogP) is 5.87. The summed E-state index contributed by atoms with van der Waals surface area (Å²) in [6.07, 6.45) is 1.85. The van der Waals surface area contributed by atoms with Crippen molar-refractivity contribution in [3.63, 3.8) is 0 Å². The van der Waals surface area contributed by atoms with E-state index in [1.807, 2.05) is 30.3 Å². The molecule has 0 saturated heterocycles. The van der Waals surface area contributed by atoms with Crippen LogP contribution in [0.4, 0.5) is 32.8 Å². The molecular weight excluding hydrogens is 535 g/mol. The molecule has 4 rings (SSSR count). The van der Waals surface area contributed by atoms with E-state index in [4.69, 9.17) is 17.0 Å². The number of thiophene rings is 1. The Kier molecular flexibility index (Phi) is 7.83. The highest BCUT2D eigenvalue weighted by atomic mass is 32.1. The first-order valence-electron chi connectivity index (χ1n) is 10.5. The van der Waals surface area contributed by atoms with E-state index in [0.29, 0.717) is 11.4 Å². The number of ether oxygens (including phenoxy) is 1. The summed E-state index contributed by atoms with van der Waals surface area (Å²) in [5.41, 5.74) is 0.296. The standard InChI is InChI=1S/C24H17F5N4O2S2/c1-35-23(34)14-10-13(9-12-5-3-2-4-6-12)37-22(14)31-24(36)30-16-7-8-33(32-16)11-15-17(25)19(27)21(29)20(28)18(15)26/h2-8,10H,9,11H2,1H3,(H2,30,31,32,36). The molecule has 2 heterocycles. The molecule has 0 unspecified atom stereocenters. The number of benzene rings is 2. The number of hydrogen-bond donors (Lipinski definition) is 2. The highest BCUT2D eigenvalue weighted by Gasteiger charge is 2.26. The number of hydrogen-bond acceptors (Lipinski definition) is 5. The third-order valence-electron chi connectivity index (χ3n) is 5.14. The molecule has 0 amide bonds. The molecule has 0 spiro atoms. The van der Waals surface area contributed by atoms with Gasteiger partial charge in [-0.25, -0.2) is 26.7 Å². The molecule has 2 aromatic carbocycles. The Hall–Kier alpha value is -3.84. The van der Waals surface area contributed by atoms with E-state index in [0.717, 1.165) is 15.1 Å². The number of nitrogens with one attached hydrogen (secondary N) is 2. The molecule has 13 heteroatoms. The maximum Gasteiger partial charge on any atom is 0.340 e. The van der Waals surface area contributed by atoms with Gasteiger partial charge in [-0.05, 0) is 23.8 Å². The highest BCUT2D eigenvalue weighted by molar-refractivity contribution is 7.80. The van der Waals surface area contributed by atoms with Crippen molar-refractivity contribution in [1.82, 2.24) is 9.78 Å². The minimum absolute atomic E-state index is 0.0414. The van der Waals surface area contributed by atoms with Gasteiger partial charge >= 0.3 is 5.97 Å². The van der Waals surface area contributed by atoms with Crippen molar-refractivity contribution >= 4 is 45.5 Å². The van der Waals surface area contributed by atoms with E-state index in [2.05, 4.69) is 15.7 Å². The van der Waals surface area contributed by atoms with Gasteiger partial charge in [0.2, 0.25) is 5.82 Å². The zero-order valence-electron chi connectivity index (χ0n) is 19.0. The maximum atomic E-state index is 14.0. The van der Waals surface area contributed by atoms with E-state index < -0.39 is 47.2 Å². The maximum absolute atomic E-state index is 14.0. The van der Waals surface area contributed by atoms with E-state index in [-0.39, 0.29) is 16.5 Å². The normalized spacial score (nSPS) is 10.9. The largest absolute Gasteiger partial charge is 0.465 e. The molecule has 0 aliphatic carbocycles. The molecule has 0 radical (unpaired) electrons. The van der Waals surface area contributed by atoms with E-state index >= 15 is 0 Å². The SMILES string of the molecule is COC(=O)c1cc(Cc2ccccc2)sc1NC(=S)Nc1ccn(Cc2c(F)c(F)c(F)c(F)c2F)n1. The lowest BCUT2D eigenvalue weighted by Gasteiger charge is -2.09. The average Bonchev–Trinajstić information content (AvgIpc) is 3.50. The molecular formula is C24H17F5N4O2S2. The van der Waals surface area contributed by atoms with E-state index in [1.165, 1.54) is 30.7 Å². The number of methoxy groups -OCH3 is 1. The van der Waals surface area contributed by atoms with Crippen LogP contribution in [0.25, 0.3) is 0 Å². The van der Waals surface area contributed by atoms with Gasteiger partial charge in [-0.1, -0.05) is 30.3 Å². The van der Waals surface area contributed by atoms with Gasteiger partial charge in [-0.2, -0.15) is 5.10 Å². The summed E-state index contributed by atoms with van der Waals surface area (Å²) in [6.45, 7) is -0.714. The number of esters is 1. The van der Waals surface area contributed by atoms with Gasteiger partial charge < -0.3 is 15.4 Å². The monoisotopic (exact) mass is 552 g/mol. The number of thiocarbonyl (C=S) groups is 1. The second kappa shape index (κ2) is 11.0. The second-order valence-electron chi connectivity index (χ2n) is 7.64. The molecule has 192 valence electrons. The van der Waals surface area contributed by atoms with Crippen LogP contribution < -0.4 is 10.6 Å². The fourth-order valence-corrected chi connectivity index (χ4v) is 4.75. The van der Waals surface area contributed by atoms with Crippen LogP contribution >= 0.6 is 23.6 Å². The summed E-state index contributed by atoms with van der Waals surface area (Å²) in [5.74, 6) is -10.6. The summed E-state index contributed by atoms with van der Waals surface area (Å²) in [4.78, 5) is 13.1. The van der Waals surface area contributed by atoms with Crippen LogP contribution in [-0.2, 0) is 17.7 Å². The smallest absolute Gasteiger partial charge is 0.340 e. The molecule has 2 N–H and O–H groups in total. The third-order valence-corrected chi connectivity index (χ3v) is 6.39. The molecule has 2 aromatic heterocycles. The van der Waals surface area contributed by atoms with Crippen LogP contribution in [0, 0.1) is 29.1 Å². The Morgan fingerprint density at radius 2 is 1.65 bits per heavy atom. The molecule has 37 heavy (non-hydrogen) atoms. The molecule has 0 saturated carbocycles. The first-order valence-corrected chi connectivity index (χ1v) is 11.8. The second-order valence-corrected chi connectivity index (χ2v) is 9.18. The Labute approximate surface area is 216 Å². The topological polar surface area (TPSA) is 68.2 Å². The van der Waals surface area contributed by atoms with Crippen molar-refractivity contribution in [2.24, 2.45) is 0 Å². The van der Waals surface area contributed by atoms with Crippen molar-refractivity contribution in [2.75, 3.05) is 17.7 Å².